The average Bonchev–Trinajstić information content (AvgIpc) is 3.42. The maximum atomic E-state index is 12.6. The molecule has 2 aromatic carbocycles. The largest absolute Gasteiger partial charge is 0.493 e. The minimum atomic E-state index is -1.20. The lowest BCUT2D eigenvalue weighted by Crippen LogP contribution is -2.38. The van der Waals surface area contributed by atoms with Crippen LogP contribution in [-0.2, 0) is 40.3 Å². The van der Waals surface area contributed by atoms with Crippen molar-refractivity contribution in [3.63, 3.8) is 0 Å². The van der Waals surface area contributed by atoms with Gasteiger partial charge in [0.1, 0.15) is 25.0 Å². The Morgan fingerprint density at radius 3 is 2.66 bits per heavy atom. The number of fused-ring (bicyclic) bond motifs is 1. The summed E-state index contributed by atoms with van der Waals surface area (Å²) in [6.07, 6.45) is -0.153. The fourth-order valence-corrected chi connectivity index (χ4v) is 3.71. The predicted molar refractivity (Wildman–Crippen MR) is 136 cm³/mol. The Bertz CT molecular complexity index is 1500. The van der Waals surface area contributed by atoms with E-state index in [1.807, 2.05) is 24.3 Å². The molecule has 0 spiro atoms. The number of nitrogens with zero attached hydrogens (tertiary/aromatic N) is 2. The molecule has 1 atom stereocenters. The van der Waals surface area contributed by atoms with Crippen molar-refractivity contribution in [1.82, 2.24) is 24.8 Å². The number of carboxylic acid groups (broad SMARTS) is 1. The molecule has 0 aliphatic carbocycles. The molecular weight excluding hydrogens is 496 g/mol. The summed E-state index contributed by atoms with van der Waals surface area (Å²) in [6.45, 7) is 0.716. The van der Waals surface area contributed by atoms with Gasteiger partial charge in [-0.3, -0.25) is 14.2 Å². The zero-order chi connectivity index (χ0) is 27.2. The number of aliphatic carboxylic acids is 1. The molecule has 4 rings (SSSR count). The van der Waals surface area contributed by atoms with Gasteiger partial charge in [-0.05, 0) is 43.2 Å². The molecular formula is C25H26N6O7. The van der Waals surface area contributed by atoms with Gasteiger partial charge in [0.2, 0.25) is 11.8 Å². The van der Waals surface area contributed by atoms with E-state index in [1.54, 1.807) is 24.3 Å². The Hall–Kier alpha value is -5.07. The van der Waals surface area contributed by atoms with Gasteiger partial charge in [0.15, 0.2) is 0 Å². The molecule has 13 heteroatoms. The highest BCUT2D eigenvalue weighted by Crippen LogP contribution is 2.17. The number of aryl methyl sites for hydroxylation is 2. The summed E-state index contributed by atoms with van der Waals surface area (Å²) in [5.74, 6) is -1.38. The van der Waals surface area contributed by atoms with Gasteiger partial charge < -0.3 is 35.6 Å². The Morgan fingerprint density at radius 1 is 1.11 bits per heavy atom. The number of carboxylic acids is 1. The maximum Gasteiger partial charge on any atom is 0.408 e. The fourth-order valence-electron chi connectivity index (χ4n) is 3.71. The number of hydrogen-bond donors (Lipinski definition) is 6. The van der Waals surface area contributed by atoms with E-state index < -0.39 is 36.2 Å². The summed E-state index contributed by atoms with van der Waals surface area (Å²) in [4.78, 5) is 57.7. The van der Waals surface area contributed by atoms with Crippen LogP contribution < -0.4 is 16.3 Å². The molecule has 4 aromatic rings. The monoisotopic (exact) mass is 522 g/mol. The lowest BCUT2D eigenvalue weighted by atomic mass is 10.2. The van der Waals surface area contributed by atoms with E-state index in [1.165, 1.54) is 6.92 Å². The highest BCUT2D eigenvalue weighted by molar-refractivity contribution is 5.90. The number of anilines is 1. The number of para-hydroxylation sites is 2. The second kappa shape index (κ2) is 11.3. The Morgan fingerprint density at radius 2 is 1.89 bits per heavy atom. The van der Waals surface area contributed by atoms with Gasteiger partial charge >= 0.3 is 17.8 Å². The molecule has 0 unspecified atom stereocenters. The molecule has 0 aliphatic heterocycles. The number of ether oxygens (including phenoxy) is 1. The SMILES string of the molecule is C[C@H](NC(=O)OCc1cccc(NC(=O)Cn2c(O)c(CCc3nc4ccccc4[nH]3)[nH]c2=O)c1)C(=O)O. The van der Waals surface area contributed by atoms with Crippen molar-refractivity contribution in [2.24, 2.45) is 0 Å². The van der Waals surface area contributed by atoms with Crippen LogP contribution in [0, 0.1) is 0 Å². The van der Waals surface area contributed by atoms with Gasteiger partial charge in [0.05, 0.1) is 16.7 Å². The first kappa shape index (κ1) is 26.0. The molecule has 6 N–H and O–H groups in total. The van der Waals surface area contributed by atoms with Crippen LogP contribution >= 0.6 is 0 Å². The van der Waals surface area contributed by atoms with E-state index in [-0.39, 0.29) is 18.2 Å². The van der Waals surface area contributed by atoms with Crippen LogP contribution in [-0.4, -0.2) is 53.7 Å². The first-order chi connectivity index (χ1) is 18.2. The van der Waals surface area contributed by atoms with Crippen molar-refractivity contribution in [2.45, 2.75) is 39.0 Å². The summed E-state index contributed by atoms with van der Waals surface area (Å²) in [7, 11) is 0. The molecule has 38 heavy (non-hydrogen) atoms. The van der Waals surface area contributed by atoms with Crippen LogP contribution in [0.5, 0.6) is 5.88 Å². The van der Waals surface area contributed by atoms with Crippen molar-refractivity contribution in [1.29, 1.82) is 0 Å². The number of imidazole rings is 2. The minimum Gasteiger partial charge on any atom is -0.493 e. The normalized spacial score (nSPS) is 11.7. The van der Waals surface area contributed by atoms with Crippen molar-refractivity contribution in [3.8, 4) is 5.88 Å². The highest BCUT2D eigenvalue weighted by atomic mass is 16.5. The molecule has 2 aromatic heterocycles. The van der Waals surface area contributed by atoms with Gasteiger partial charge in [0.25, 0.3) is 0 Å². The summed E-state index contributed by atoms with van der Waals surface area (Å²) >= 11 is 0. The Labute approximate surface area is 215 Å². The molecule has 0 aliphatic rings. The molecule has 0 saturated carbocycles. The first-order valence-electron chi connectivity index (χ1n) is 11.7. The van der Waals surface area contributed by atoms with E-state index in [0.29, 0.717) is 29.9 Å². The predicted octanol–water partition coefficient (Wildman–Crippen LogP) is 1.88. The number of aromatic nitrogens is 4. The number of alkyl carbamates (subject to hydrolysis) is 1. The Balaban J connectivity index is 1.33. The van der Waals surface area contributed by atoms with Gasteiger partial charge in [-0.15, -0.1) is 0 Å². The topological polar surface area (TPSA) is 191 Å². The van der Waals surface area contributed by atoms with Crippen molar-refractivity contribution in [2.75, 3.05) is 5.32 Å². The van der Waals surface area contributed by atoms with Gasteiger partial charge in [-0.25, -0.2) is 14.6 Å². The second-order valence-corrected chi connectivity index (χ2v) is 8.55. The van der Waals surface area contributed by atoms with E-state index >= 15 is 0 Å². The number of nitrogens with one attached hydrogen (secondary N) is 4. The summed E-state index contributed by atoms with van der Waals surface area (Å²) in [5.41, 5.74) is 2.29. The number of aromatic hydroxyl groups is 1. The molecule has 0 fully saturated rings. The van der Waals surface area contributed by atoms with Crippen molar-refractivity contribution in [3.05, 3.63) is 76.1 Å². The average molecular weight is 523 g/mol. The number of hydrogen-bond acceptors (Lipinski definition) is 7. The third-order valence-electron chi connectivity index (χ3n) is 5.67. The number of amides is 2. The molecule has 0 saturated heterocycles. The lowest BCUT2D eigenvalue weighted by molar-refractivity contribution is -0.138. The third kappa shape index (κ3) is 6.37. The van der Waals surface area contributed by atoms with E-state index in [2.05, 4.69) is 25.6 Å². The number of benzene rings is 2. The summed E-state index contributed by atoms with van der Waals surface area (Å²) in [6, 6.07) is 12.9. The van der Waals surface area contributed by atoms with E-state index in [4.69, 9.17) is 9.84 Å². The highest BCUT2D eigenvalue weighted by Gasteiger charge is 2.17. The third-order valence-corrected chi connectivity index (χ3v) is 5.67. The molecule has 0 radical (unpaired) electrons. The maximum absolute atomic E-state index is 12.6. The fraction of sp³-hybridized carbons (Fsp3) is 0.240. The van der Waals surface area contributed by atoms with E-state index in [9.17, 15) is 24.3 Å². The number of rotatable bonds is 10. The smallest absolute Gasteiger partial charge is 0.408 e. The molecule has 2 heterocycles. The van der Waals surface area contributed by atoms with Crippen LogP contribution in [0.1, 0.15) is 24.0 Å². The molecule has 2 amide bonds. The van der Waals surface area contributed by atoms with Crippen LogP contribution in [0.15, 0.2) is 53.3 Å². The van der Waals surface area contributed by atoms with Crippen molar-refractivity contribution >= 4 is 34.7 Å². The summed E-state index contributed by atoms with van der Waals surface area (Å²) < 4.78 is 5.93. The minimum absolute atomic E-state index is 0.158. The van der Waals surface area contributed by atoms with Crippen LogP contribution in [0.4, 0.5) is 10.5 Å². The number of carbonyl (C=O) groups is 3. The number of H-pyrrole nitrogens is 2. The van der Waals surface area contributed by atoms with Gasteiger partial charge in [-0.2, -0.15) is 0 Å². The van der Waals surface area contributed by atoms with Crippen LogP contribution in [0.2, 0.25) is 0 Å². The number of aromatic amines is 2. The standard InChI is InChI=1S/C25H26N6O7/c1-14(23(34)35)26-25(37)38-13-15-5-4-6-16(11-15)27-21(32)12-31-22(33)19(30-24(31)36)9-10-20-28-17-7-2-3-8-18(17)29-20/h2-8,11,14,33H,9-10,12-13H2,1H3,(H,26,37)(H,27,32)(H,28,29)(H,30,36)(H,34,35)/t14-/m0/s1. The summed E-state index contributed by atoms with van der Waals surface area (Å²) in [5, 5.41) is 24.2. The lowest BCUT2D eigenvalue weighted by Gasteiger charge is -2.11. The van der Waals surface area contributed by atoms with Gasteiger partial charge in [-0.1, -0.05) is 24.3 Å². The molecule has 13 nitrogen and oxygen atoms in total. The van der Waals surface area contributed by atoms with Crippen LogP contribution in [0.3, 0.4) is 0 Å². The Kier molecular flexibility index (Phi) is 7.75. The molecule has 0 bridgehead atoms. The molecule has 198 valence electrons. The second-order valence-electron chi connectivity index (χ2n) is 8.55. The van der Waals surface area contributed by atoms with E-state index in [0.717, 1.165) is 15.6 Å². The zero-order valence-electron chi connectivity index (χ0n) is 20.4. The quantitative estimate of drug-likeness (QED) is 0.182. The number of carbonyl (C=O) groups excluding carboxylic acids is 2. The zero-order valence-corrected chi connectivity index (χ0v) is 20.4. The first-order valence-corrected chi connectivity index (χ1v) is 11.7. The van der Waals surface area contributed by atoms with Crippen LogP contribution in [0.25, 0.3) is 11.0 Å². The van der Waals surface area contributed by atoms with Crippen molar-refractivity contribution < 1.29 is 29.3 Å². The van der Waals surface area contributed by atoms with Gasteiger partial charge in [0, 0.05) is 12.1 Å².